The second-order valence-electron chi connectivity index (χ2n) is 1.90. The molecule has 0 saturated heterocycles. The molecule has 0 bridgehead atoms. The van der Waals surface area contributed by atoms with E-state index in [-0.39, 0.29) is 14.2 Å². The Morgan fingerprint density at radius 1 is 1.50 bits per heavy atom. The molecule has 0 aliphatic rings. The van der Waals surface area contributed by atoms with E-state index in [1.807, 2.05) is 0 Å². The van der Waals surface area contributed by atoms with Crippen LogP contribution in [0.15, 0.2) is 6.07 Å². The molecule has 0 fully saturated rings. The van der Waals surface area contributed by atoms with Gasteiger partial charge in [-0.25, -0.2) is 8.78 Å². The average molecular weight is 231 g/mol. The van der Waals surface area contributed by atoms with E-state index < -0.39 is 12.2 Å². The van der Waals surface area contributed by atoms with Gasteiger partial charge in [0.05, 0.1) is 9.90 Å². The average Bonchev–Trinajstić information content (AvgIpc) is 2.30. The minimum atomic E-state index is -3.00. The van der Waals surface area contributed by atoms with Gasteiger partial charge < -0.3 is 0 Å². The summed E-state index contributed by atoms with van der Waals surface area (Å²) >= 11 is 11.7. The maximum atomic E-state index is 11.8. The number of hydrogen-bond acceptors (Lipinski definition) is 2. The smallest absolute Gasteiger partial charge is 0.287 e. The molecule has 1 aromatic rings. The van der Waals surface area contributed by atoms with Crippen LogP contribution in [0.5, 0.6) is 0 Å². The highest BCUT2D eigenvalue weighted by atomic mass is 35.5. The molecule has 0 aromatic carbocycles. The van der Waals surface area contributed by atoms with Gasteiger partial charge in [-0.1, -0.05) is 23.2 Å². The van der Waals surface area contributed by atoms with Crippen molar-refractivity contribution in [3.8, 4) is 0 Å². The molecule has 12 heavy (non-hydrogen) atoms. The first-order valence-electron chi connectivity index (χ1n) is 2.79. The highest BCUT2D eigenvalue weighted by Gasteiger charge is 2.20. The standard InChI is InChI=1S/C6H2Cl2F2OS/c7-2-1-3(12-5(2)8)4(11)6(9)10/h1,6H. The van der Waals surface area contributed by atoms with E-state index in [0.717, 1.165) is 17.4 Å². The predicted molar refractivity (Wildman–Crippen MR) is 44.7 cm³/mol. The molecule has 0 atom stereocenters. The monoisotopic (exact) mass is 230 g/mol. The Morgan fingerprint density at radius 3 is 2.42 bits per heavy atom. The van der Waals surface area contributed by atoms with Crippen LogP contribution in [0, 0.1) is 0 Å². The van der Waals surface area contributed by atoms with Gasteiger partial charge in [0.15, 0.2) is 0 Å². The van der Waals surface area contributed by atoms with Gasteiger partial charge in [-0.15, -0.1) is 11.3 Å². The first-order chi connectivity index (χ1) is 5.52. The highest BCUT2D eigenvalue weighted by Crippen LogP contribution is 2.32. The minimum absolute atomic E-state index is 0.111. The lowest BCUT2D eigenvalue weighted by molar-refractivity contribution is 0.0683. The van der Waals surface area contributed by atoms with E-state index in [4.69, 9.17) is 23.2 Å². The second-order valence-corrected chi connectivity index (χ2v) is 3.96. The molecular weight excluding hydrogens is 229 g/mol. The van der Waals surface area contributed by atoms with Crippen molar-refractivity contribution in [2.75, 3.05) is 0 Å². The van der Waals surface area contributed by atoms with Crippen LogP contribution in [0.2, 0.25) is 9.36 Å². The van der Waals surface area contributed by atoms with Crippen LogP contribution in [0.25, 0.3) is 0 Å². The van der Waals surface area contributed by atoms with Crippen LogP contribution in [-0.4, -0.2) is 12.2 Å². The molecule has 0 unspecified atom stereocenters. The summed E-state index contributed by atoms with van der Waals surface area (Å²) < 4.78 is 23.8. The van der Waals surface area contributed by atoms with Crippen molar-refractivity contribution < 1.29 is 13.6 Å². The molecule has 0 N–H and O–H groups in total. The summed E-state index contributed by atoms with van der Waals surface area (Å²) in [6.45, 7) is 0. The third-order valence-corrected chi connectivity index (χ3v) is 2.97. The Hall–Kier alpha value is -0.190. The van der Waals surface area contributed by atoms with E-state index in [0.29, 0.717) is 0 Å². The molecule has 1 rings (SSSR count). The number of alkyl halides is 2. The van der Waals surface area contributed by atoms with Crippen molar-refractivity contribution >= 4 is 40.3 Å². The van der Waals surface area contributed by atoms with Crippen LogP contribution in [0.4, 0.5) is 8.78 Å². The van der Waals surface area contributed by atoms with Crippen molar-refractivity contribution in [1.82, 2.24) is 0 Å². The lowest BCUT2D eigenvalue weighted by atomic mass is 10.3. The number of hydrogen-bond donors (Lipinski definition) is 0. The van der Waals surface area contributed by atoms with Crippen molar-refractivity contribution in [2.24, 2.45) is 0 Å². The highest BCUT2D eigenvalue weighted by molar-refractivity contribution is 7.18. The Bertz CT molecular complexity index is 291. The maximum absolute atomic E-state index is 11.8. The Morgan fingerprint density at radius 2 is 2.08 bits per heavy atom. The summed E-state index contributed by atoms with van der Waals surface area (Å²) in [6.07, 6.45) is -3.00. The third-order valence-electron chi connectivity index (χ3n) is 1.09. The van der Waals surface area contributed by atoms with Crippen LogP contribution in [-0.2, 0) is 0 Å². The second kappa shape index (κ2) is 3.68. The van der Waals surface area contributed by atoms with Gasteiger partial charge in [0, 0.05) is 0 Å². The number of ketones is 1. The topological polar surface area (TPSA) is 17.1 Å². The van der Waals surface area contributed by atoms with E-state index in [1.165, 1.54) is 0 Å². The zero-order chi connectivity index (χ0) is 9.30. The van der Waals surface area contributed by atoms with E-state index in [1.54, 1.807) is 0 Å². The zero-order valence-electron chi connectivity index (χ0n) is 5.48. The van der Waals surface area contributed by atoms with E-state index in [2.05, 4.69) is 0 Å². The van der Waals surface area contributed by atoms with Gasteiger partial charge in [-0.2, -0.15) is 0 Å². The van der Waals surface area contributed by atoms with Crippen molar-refractivity contribution in [1.29, 1.82) is 0 Å². The third kappa shape index (κ3) is 1.94. The Kier molecular flexibility index (Phi) is 3.04. The maximum Gasteiger partial charge on any atom is 0.301 e. The predicted octanol–water partition coefficient (Wildman–Crippen LogP) is 3.50. The number of carbonyl (C=O) groups excluding carboxylic acids is 1. The van der Waals surface area contributed by atoms with Crippen LogP contribution in [0.1, 0.15) is 9.67 Å². The van der Waals surface area contributed by atoms with Crippen molar-refractivity contribution in [2.45, 2.75) is 6.43 Å². The lowest BCUT2D eigenvalue weighted by Crippen LogP contribution is -2.07. The molecule has 1 nitrogen and oxygen atoms in total. The van der Waals surface area contributed by atoms with Gasteiger partial charge in [0.2, 0.25) is 5.78 Å². The summed E-state index contributed by atoms with van der Waals surface area (Å²) in [5.41, 5.74) is 0. The molecule has 1 aromatic heterocycles. The molecular formula is C6H2Cl2F2OS. The van der Waals surface area contributed by atoms with Crippen LogP contribution >= 0.6 is 34.5 Å². The van der Waals surface area contributed by atoms with Crippen molar-refractivity contribution in [3.05, 3.63) is 20.3 Å². The normalized spacial score (nSPS) is 10.8. The molecule has 0 radical (unpaired) electrons. The molecule has 0 spiro atoms. The molecule has 0 amide bonds. The summed E-state index contributed by atoms with van der Waals surface area (Å²) in [5.74, 6) is -1.24. The quantitative estimate of drug-likeness (QED) is 0.712. The van der Waals surface area contributed by atoms with Gasteiger partial charge in [-0.05, 0) is 6.07 Å². The number of carbonyl (C=O) groups is 1. The number of halogens is 4. The SMILES string of the molecule is O=C(c1cc(Cl)c(Cl)s1)C(F)F. The number of Topliss-reactive ketones (excluding diaryl/α,β-unsaturated/α-hetero) is 1. The zero-order valence-corrected chi connectivity index (χ0v) is 7.81. The van der Waals surface area contributed by atoms with Gasteiger partial charge in [-0.3, -0.25) is 4.79 Å². The fourth-order valence-corrected chi connectivity index (χ4v) is 1.88. The molecule has 0 saturated carbocycles. The molecule has 66 valence electrons. The Balaban J connectivity index is 2.97. The first-order valence-corrected chi connectivity index (χ1v) is 4.37. The summed E-state index contributed by atoms with van der Waals surface area (Å²) in [5, 5.41) is 0.130. The number of thiophene rings is 1. The molecule has 0 aliphatic carbocycles. The van der Waals surface area contributed by atoms with Gasteiger partial charge >= 0.3 is 6.43 Å². The fraction of sp³-hybridized carbons (Fsp3) is 0.167. The summed E-state index contributed by atoms with van der Waals surface area (Å²) in [6, 6.07) is 1.14. The fourth-order valence-electron chi connectivity index (χ4n) is 0.576. The largest absolute Gasteiger partial charge is 0.301 e. The van der Waals surface area contributed by atoms with Gasteiger partial charge in [0.1, 0.15) is 4.34 Å². The molecule has 0 aliphatic heterocycles. The summed E-state index contributed by atoms with van der Waals surface area (Å²) in [7, 11) is 0. The Labute approximate surface area is 80.9 Å². The molecule has 1 heterocycles. The van der Waals surface area contributed by atoms with Crippen molar-refractivity contribution in [3.63, 3.8) is 0 Å². The van der Waals surface area contributed by atoms with Gasteiger partial charge in [0.25, 0.3) is 0 Å². The summed E-state index contributed by atoms with van der Waals surface area (Å²) in [4.78, 5) is 10.5. The van der Waals surface area contributed by atoms with E-state index in [9.17, 15) is 13.6 Å². The number of rotatable bonds is 2. The van der Waals surface area contributed by atoms with E-state index >= 15 is 0 Å². The minimum Gasteiger partial charge on any atom is -0.287 e. The first kappa shape index (κ1) is 9.89. The van der Waals surface area contributed by atoms with Crippen LogP contribution < -0.4 is 0 Å². The lowest BCUT2D eigenvalue weighted by Gasteiger charge is -1.91. The molecule has 6 heteroatoms. The van der Waals surface area contributed by atoms with Crippen LogP contribution in [0.3, 0.4) is 0 Å².